The molecule has 3 aliphatic rings. The summed E-state index contributed by atoms with van der Waals surface area (Å²) in [6.07, 6.45) is 7.99. The Morgan fingerprint density at radius 1 is 0.850 bits per heavy atom. The van der Waals surface area contributed by atoms with Crippen molar-refractivity contribution in [3.63, 3.8) is 0 Å². The molecule has 2 heterocycles. The SMILES string of the molecule is CC1CCCN(C(=O)N2CCN(C3CCCC3)CC2)C1. The molecule has 1 aliphatic carbocycles. The van der Waals surface area contributed by atoms with Crippen LogP contribution in [-0.4, -0.2) is 66.0 Å². The van der Waals surface area contributed by atoms with Crippen molar-refractivity contribution in [1.29, 1.82) is 0 Å². The second-order valence-corrected chi connectivity index (χ2v) is 6.94. The van der Waals surface area contributed by atoms with Crippen LogP contribution in [0.3, 0.4) is 0 Å². The molecule has 0 radical (unpaired) electrons. The molecule has 3 rings (SSSR count). The number of rotatable bonds is 1. The lowest BCUT2D eigenvalue weighted by molar-refractivity contribution is 0.0838. The number of carbonyl (C=O) groups is 1. The van der Waals surface area contributed by atoms with E-state index in [9.17, 15) is 4.79 Å². The van der Waals surface area contributed by atoms with Gasteiger partial charge in [0.05, 0.1) is 0 Å². The Labute approximate surface area is 123 Å². The third kappa shape index (κ3) is 3.11. The number of urea groups is 1. The largest absolute Gasteiger partial charge is 0.324 e. The monoisotopic (exact) mass is 279 g/mol. The smallest absolute Gasteiger partial charge is 0.320 e. The zero-order chi connectivity index (χ0) is 13.9. The Kier molecular flexibility index (Phi) is 4.49. The molecule has 0 N–H and O–H groups in total. The van der Waals surface area contributed by atoms with E-state index in [1.54, 1.807) is 0 Å². The highest BCUT2D eigenvalue weighted by molar-refractivity contribution is 5.74. The predicted octanol–water partition coefficient (Wildman–Crippen LogP) is 2.40. The lowest BCUT2D eigenvalue weighted by Crippen LogP contribution is -2.55. The average Bonchev–Trinajstić information content (AvgIpc) is 3.01. The van der Waals surface area contributed by atoms with Gasteiger partial charge in [0.25, 0.3) is 0 Å². The van der Waals surface area contributed by atoms with Crippen molar-refractivity contribution in [3.05, 3.63) is 0 Å². The quantitative estimate of drug-likeness (QED) is 0.737. The Morgan fingerprint density at radius 2 is 1.55 bits per heavy atom. The van der Waals surface area contributed by atoms with Crippen molar-refractivity contribution >= 4 is 6.03 Å². The van der Waals surface area contributed by atoms with E-state index in [4.69, 9.17) is 0 Å². The molecular weight excluding hydrogens is 250 g/mol. The van der Waals surface area contributed by atoms with Crippen molar-refractivity contribution in [2.24, 2.45) is 5.92 Å². The van der Waals surface area contributed by atoms with Gasteiger partial charge in [-0.15, -0.1) is 0 Å². The van der Waals surface area contributed by atoms with Gasteiger partial charge in [0.2, 0.25) is 0 Å². The molecular formula is C16H29N3O. The van der Waals surface area contributed by atoms with E-state index in [1.807, 2.05) is 0 Å². The molecule has 2 aliphatic heterocycles. The van der Waals surface area contributed by atoms with E-state index < -0.39 is 0 Å². The maximum Gasteiger partial charge on any atom is 0.320 e. The first-order chi connectivity index (χ1) is 9.74. The molecule has 1 saturated carbocycles. The van der Waals surface area contributed by atoms with Crippen molar-refractivity contribution < 1.29 is 4.79 Å². The van der Waals surface area contributed by atoms with Crippen LogP contribution in [0.1, 0.15) is 45.4 Å². The maximum absolute atomic E-state index is 12.6. The molecule has 0 aromatic heterocycles. The molecule has 4 heteroatoms. The van der Waals surface area contributed by atoms with E-state index >= 15 is 0 Å². The lowest BCUT2D eigenvalue weighted by atomic mass is 10.0. The highest BCUT2D eigenvalue weighted by Crippen LogP contribution is 2.25. The fourth-order valence-corrected chi connectivity index (χ4v) is 4.11. The average molecular weight is 279 g/mol. The second-order valence-electron chi connectivity index (χ2n) is 6.94. The molecule has 0 spiro atoms. The van der Waals surface area contributed by atoms with E-state index in [0.29, 0.717) is 11.9 Å². The molecule has 2 amide bonds. The normalized spacial score (nSPS) is 29.9. The number of hydrogen-bond donors (Lipinski definition) is 0. The van der Waals surface area contributed by atoms with Gasteiger partial charge in [0.1, 0.15) is 0 Å². The van der Waals surface area contributed by atoms with Gasteiger partial charge in [-0.2, -0.15) is 0 Å². The van der Waals surface area contributed by atoms with E-state index in [2.05, 4.69) is 21.6 Å². The third-order valence-corrected chi connectivity index (χ3v) is 5.35. The molecule has 0 aromatic rings. The zero-order valence-corrected chi connectivity index (χ0v) is 12.9. The predicted molar refractivity (Wildman–Crippen MR) is 80.8 cm³/mol. The minimum Gasteiger partial charge on any atom is -0.324 e. The molecule has 1 atom stereocenters. The summed E-state index contributed by atoms with van der Waals surface area (Å²) in [7, 11) is 0. The lowest BCUT2D eigenvalue weighted by Gasteiger charge is -2.41. The van der Waals surface area contributed by atoms with E-state index in [1.165, 1.54) is 38.5 Å². The summed E-state index contributed by atoms with van der Waals surface area (Å²) < 4.78 is 0. The summed E-state index contributed by atoms with van der Waals surface area (Å²) in [5.74, 6) is 0.674. The summed E-state index contributed by atoms with van der Waals surface area (Å²) in [6.45, 7) is 8.21. The minimum atomic E-state index is 0.294. The molecule has 20 heavy (non-hydrogen) atoms. The van der Waals surface area contributed by atoms with Crippen LogP contribution in [-0.2, 0) is 0 Å². The van der Waals surface area contributed by atoms with Crippen molar-refractivity contribution in [2.45, 2.75) is 51.5 Å². The number of amides is 2. The number of piperidine rings is 1. The Hall–Kier alpha value is -0.770. The minimum absolute atomic E-state index is 0.294. The first kappa shape index (κ1) is 14.2. The van der Waals surface area contributed by atoms with Crippen LogP contribution < -0.4 is 0 Å². The Morgan fingerprint density at radius 3 is 2.20 bits per heavy atom. The molecule has 114 valence electrons. The van der Waals surface area contributed by atoms with Gasteiger partial charge in [-0.3, -0.25) is 4.90 Å². The fourth-order valence-electron chi connectivity index (χ4n) is 4.11. The molecule has 4 nitrogen and oxygen atoms in total. The van der Waals surface area contributed by atoms with Gasteiger partial charge in [-0.1, -0.05) is 19.8 Å². The fraction of sp³-hybridized carbons (Fsp3) is 0.938. The standard InChI is InChI=1S/C16H29N3O/c1-14-5-4-8-19(13-14)16(20)18-11-9-17(10-12-18)15-6-2-3-7-15/h14-15H,2-13H2,1H3. The van der Waals surface area contributed by atoms with Crippen molar-refractivity contribution in [3.8, 4) is 0 Å². The van der Waals surface area contributed by atoms with Gasteiger partial charge >= 0.3 is 6.03 Å². The van der Waals surface area contributed by atoms with E-state index in [0.717, 1.165) is 45.3 Å². The summed E-state index contributed by atoms with van der Waals surface area (Å²) in [5, 5.41) is 0. The summed E-state index contributed by atoms with van der Waals surface area (Å²) in [6, 6.07) is 1.10. The van der Waals surface area contributed by atoms with Crippen molar-refractivity contribution in [2.75, 3.05) is 39.3 Å². The first-order valence-electron chi connectivity index (χ1n) is 8.52. The number of carbonyl (C=O) groups excluding carboxylic acids is 1. The van der Waals surface area contributed by atoms with Gasteiger partial charge < -0.3 is 9.80 Å². The van der Waals surface area contributed by atoms with Gasteiger partial charge in [-0.05, 0) is 31.6 Å². The summed E-state index contributed by atoms with van der Waals surface area (Å²) >= 11 is 0. The molecule has 0 bridgehead atoms. The highest BCUT2D eigenvalue weighted by Gasteiger charge is 2.30. The number of hydrogen-bond acceptors (Lipinski definition) is 2. The van der Waals surface area contributed by atoms with Crippen LogP contribution in [0.5, 0.6) is 0 Å². The third-order valence-electron chi connectivity index (χ3n) is 5.35. The van der Waals surface area contributed by atoms with Crippen LogP contribution in [0.2, 0.25) is 0 Å². The number of likely N-dealkylation sites (tertiary alicyclic amines) is 1. The summed E-state index contributed by atoms with van der Waals surface area (Å²) in [4.78, 5) is 19.4. The summed E-state index contributed by atoms with van der Waals surface area (Å²) in [5.41, 5.74) is 0. The van der Waals surface area contributed by atoms with Gasteiger partial charge in [-0.25, -0.2) is 4.79 Å². The van der Waals surface area contributed by atoms with Crippen molar-refractivity contribution in [1.82, 2.24) is 14.7 Å². The first-order valence-corrected chi connectivity index (χ1v) is 8.52. The highest BCUT2D eigenvalue weighted by atomic mass is 16.2. The second kappa shape index (κ2) is 6.33. The number of piperazine rings is 1. The zero-order valence-electron chi connectivity index (χ0n) is 12.9. The number of nitrogens with zero attached hydrogens (tertiary/aromatic N) is 3. The molecule has 2 saturated heterocycles. The van der Waals surface area contributed by atoms with Gasteiger partial charge in [0.15, 0.2) is 0 Å². The maximum atomic E-state index is 12.6. The molecule has 3 fully saturated rings. The Bertz CT molecular complexity index is 333. The Balaban J connectivity index is 1.48. The van der Waals surface area contributed by atoms with Crippen LogP contribution in [0.15, 0.2) is 0 Å². The van der Waals surface area contributed by atoms with Crippen LogP contribution in [0, 0.1) is 5.92 Å². The van der Waals surface area contributed by atoms with Crippen LogP contribution >= 0.6 is 0 Å². The molecule has 1 unspecified atom stereocenters. The van der Waals surface area contributed by atoms with E-state index in [-0.39, 0.29) is 0 Å². The van der Waals surface area contributed by atoms with Crippen LogP contribution in [0.4, 0.5) is 4.79 Å². The van der Waals surface area contributed by atoms with Crippen LogP contribution in [0.25, 0.3) is 0 Å². The van der Waals surface area contributed by atoms with Gasteiger partial charge in [0, 0.05) is 45.3 Å². The topological polar surface area (TPSA) is 26.8 Å². The molecule has 0 aromatic carbocycles.